The van der Waals surface area contributed by atoms with E-state index in [1.807, 2.05) is 19.2 Å². The summed E-state index contributed by atoms with van der Waals surface area (Å²) in [5, 5.41) is 3.08. The lowest BCUT2D eigenvalue weighted by Crippen LogP contribution is -2.40. The normalized spacial score (nSPS) is 19.5. The molecule has 1 aromatic rings. The molecule has 1 N–H and O–H groups in total. The van der Waals surface area contributed by atoms with Crippen molar-refractivity contribution in [3.63, 3.8) is 0 Å². The predicted molar refractivity (Wildman–Crippen MR) is 67.4 cm³/mol. The maximum absolute atomic E-state index is 11.7. The van der Waals surface area contributed by atoms with Crippen LogP contribution in [0.2, 0.25) is 0 Å². The molecule has 4 heteroatoms. The molecule has 0 bridgehead atoms. The van der Waals surface area contributed by atoms with Crippen LogP contribution in [0.5, 0.6) is 0 Å². The molecule has 1 unspecified atom stereocenters. The standard InChI is InChI=1S/C13H18N2O2/c1-3-10-4-6-11(7-5-10)15-12(8-14-2)9-17-13(15)16/h4-7,12,14H,3,8-9H2,1-2H3. The second-order valence-corrected chi connectivity index (χ2v) is 4.18. The molecule has 1 aliphatic heterocycles. The molecule has 0 aliphatic carbocycles. The summed E-state index contributed by atoms with van der Waals surface area (Å²) in [6, 6.07) is 8.15. The van der Waals surface area contributed by atoms with Gasteiger partial charge in [0.2, 0.25) is 0 Å². The Balaban J connectivity index is 2.20. The molecule has 1 aromatic carbocycles. The van der Waals surface area contributed by atoms with Crippen molar-refractivity contribution in [2.24, 2.45) is 0 Å². The van der Waals surface area contributed by atoms with E-state index in [2.05, 4.69) is 24.4 Å². The molecule has 17 heavy (non-hydrogen) atoms. The van der Waals surface area contributed by atoms with E-state index in [9.17, 15) is 4.79 Å². The van der Waals surface area contributed by atoms with Gasteiger partial charge in [0.15, 0.2) is 0 Å². The number of nitrogens with one attached hydrogen (secondary N) is 1. The van der Waals surface area contributed by atoms with Gasteiger partial charge < -0.3 is 10.1 Å². The third kappa shape index (κ3) is 2.42. The van der Waals surface area contributed by atoms with Gasteiger partial charge in [0.25, 0.3) is 0 Å². The Bertz CT molecular complexity index is 389. The van der Waals surface area contributed by atoms with Gasteiger partial charge in [0, 0.05) is 12.2 Å². The number of ether oxygens (including phenoxy) is 1. The SMILES string of the molecule is CCc1ccc(N2C(=O)OCC2CNC)cc1. The van der Waals surface area contributed by atoms with Crippen LogP contribution in [-0.4, -0.2) is 32.3 Å². The van der Waals surface area contributed by atoms with Crippen molar-refractivity contribution in [2.75, 3.05) is 25.1 Å². The first-order chi connectivity index (χ1) is 8.26. The van der Waals surface area contributed by atoms with Crippen LogP contribution in [0.3, 0.4) is 0 Å². The molecule has 0 aromatic heterocycles. The third-order valence-corrected chi connectivity index (χ3v) is 3.02. The van der Waals surface area contributed by atoms with Gasteiger partial charge in [-0.3, -0.25) is 4.90 Å². The fraction of sp³-hybridized carbons (Fsp3) is 0.462. The Kier molecular flexibility index (Phi) is 3.64. The number of likely N-dealkylation sites (N-methyl/N-ethyl adjacent to an activating group) is 1. The number of carbonyl (C=O) groups is 1. The van der Waals surface area contributed by atoms with E-state index in [0.29, 0.717) is 6.61 Å². The van der Waals surface area contributed by atoms with Crippen molar-refractivity contribution in [3.05, 3.63) is 29.8 Å². The third-order valence-electron chi connectivity index (χ3n) is 3.02. The lowest BCUT2D eigenvalue weighted by Gasteiger charge is -2.21. The van der Waals surface area contributed by atoms with Crippen LogP contribution in [0.15, 0.2) is 24.3 Å². The minimum atomic E-state index is -0.255. The molecule has 0 saturated carbocycles. The fourth-order valence-electron chi connectivity index (χ4n) is 2.05. The summed E-state index contributed by atoms with van der Waals surface area (Å²) in [6.45, 7) is 3.30. The zero-order valence-electron chi connectivity index (χ0n) is 10.3. The number of anilines is 1. The highest BCUT2D eigenvalue weighted by Crippen LogP contribution is 2.23. The Morgan fingerprint density at radius 2 is 2.12 bits per heavy atom. The van der Waals surface area contributed by atoms with E-state index >= 15 is 0 Å². The summed E-state index contributed by atoms with van der Waals surface area (Å²) in [6.07, 6.45) is 0.750. The van der Waals surface area contributed by atoms with Crippen molar-refractivity contribution in [1.29, 1.82) is 0 Å². The zero-order valence-corrected chi connectivity index (χ0v) is 10.3. The lowest BCUT2D eigenvalue weighted by atomic mass is 10.1. The minimum Gasteiger partial charge on any atom is -0.447 e. The number of amides is 1. The van der Waals surface area contributed by atoms with Gasteiger partial charge in [-0.2, -0.15) is 0 Å². The van der Waals surface area contributed by atoms with Gasteiger partial charge >= 0.3 is 6.09 Å². The largest absolute Gasteiger partial charge is 0.447 e. The quantitative estimate of drug-likeness (QED) is 0.863. The molecule has 1 atom stereocenters. The Morgan fingerprint density at radius 1 is 1.41 bits per heavy atom. The highest BCUT2D eigenvalue weighted by molar-refractivity contribution is 5.90. The molecule has 1 saturated heterocycles. The van der Waals surface area contributed by atoms with Crippen LogP contribution < -0.4 is 10.2 Å². The molecule has 92 valence electrons. The Hall–Kier alpha value is -1.55. The molecule has 1 heterocycles. The fourth-order valence-corrected chi connectivity index (χ4v) is 2.05. The van der Waals surface area contributed by atoms with E-state index in [0.717, 1.165) is 18.7 Å². The molecule has 1 aliphatic rings. The van der Waals surface area contributed by atoms with Gasteiger partial charge in [-0.05, 0) is 31.2 Å². The van der Waals surface area contributed by atoms with Crippen molar-refractivity contribution < 1.29 is 9.53 Å². The molecule has 4 nitrogen and oxygen atoms in total. The maximum atomic E-state index is 11.7. The highest BCUT2D eigenvalue weighted by atomic mass is 16.6. The molecule has 1 amide bonds. The van der Waals surface area contributed by atoms with E-state index in [4.69, 9.17) is 4.74 Å². The van der Waals surface area contributed by atoms with E-state index in [1.165, 1.54) is 5.56 Å². The summed E-state index contributed by atoms with van der Waals surface area (Å²) in [5.41, 5.74) is 2.18. The van der Waals surface area contributed by atoms with Crippen LogP contribution >= 0.6 is 0 Å². The molecule has 0 radical (unpaired) electrons. The van der Waals surface area contributed by atoms with Gasteiger partial charge in [-0.25, -0.2) is 4.79 Å². The summed E-state index contributed by atoms with van der Waals surface area (Å²) in [4.78, 5) is 13.4. The zero-order chi connectivity index (χ0) is 12.3. The number of hydrogen-bond donors (Lipinski definition) is 1. The van der Waals surface area contributed by atoms with Crippen LogP contribution in [0.4, 0.5) is 10.5 Å². The molecule has 1 fully saturated rings. The number of benzene rings is 1. The van der Waals surface area contributed by atoms with E-state index in [-0.39, 0.29) is 12.1 Å². The summed E-state index contributed by atoms with van der Waals surface area (Å²) < 4.78 is 5.09. The average molecular weight is 234 g/mol. The van der Waals surface area contributed by atoms with Gasteiger partial charge in [-0.1, -0.05) is 19.1 Å². The lowest BCUT2D eigenvalue weighted by molar-refractivity contribution is 0.178. The number of cyclic esters (lactones) is 1. The number of aryl methyl sites for hydroxylation is 1. The smallest absolute Gasteiger partial charge is 0.414 e. The minimum absolute atomic E-state index is 0.0833. The number of rotatable bonds is 4. The van der Waals surface area contributed by atoms with Crippen molar-refractivity contribution in [1.82, 2.24) is 5.32 Å². The van der Waals surface area contributed by atoms with Crippen molar-refractivity contribution in [3.8, 4) is 0 Å². The number of nitrogens with zero attached hydrogens (tertiary/aromatic N) is 1. The predicted octanol–water partition coefficient (Wildman–Crippen LogP) is 1.79. The first-order valence-corrected chi connectivity index (χ1v) is 5.95. The van der Waals surface area contributed by atoms with Gasteiger partial charge in [0.1, 0.15) is 6.61 Å². The molecular weight excluding hydrogens is 216 g/mol. The van der Waals surface area contributed by atoms with Crippen molar-refractivity contribution in [2.45, 2.75) is 19.4 Å². The second-order valence-electron chi connectivity index (χ2n) is 4.18. The highest BCUT2D eigenvalue weighted by Gasteiger charge is 2.33. The molecular formula is C13H18N2O2. The maximum Gasteiger partial charge on any atom is 0.414 e. The Morgan fingerprint density at radius 3 is 2.71 bits per heavy atom. The van der Waals surface area contributed by atoms with E-state index < -0.39 is 0 Å². The van der Waals surface area contributed by atoms with E-state index in [1.54, 1.807) is 4.90 Å². The van der Waals surface area contributed by atoms with Crippen LogP contribution in [0.1, 0.15) is 12.5 Å². The van der Waals surface area contributed by atoms with Crippen LogP contribution in [-0.2, 0) is 11.2 Å². The topological polar surface area (TPSA) is 41.6 Å². The monoisotopic (exact) mass is 234 g/mol. The average Bonchev–Trinajstić information content (AvgIpc) is 2.71. The first-order valence-electron chi connectivity index (χ1n) is 5.95. The molecule has 0 spiro atoms. The number of hydrogen-bond acceptors (Lipinski definition) is 3. The summed E-state index contributed by atoms with van der Waals surface area (Å²) in [7, 11) is 1.88. The van der Waals surface area contributed by atoms with Gasteiger partial charge in [0.05, 0.1) is 6.04 Å². The first kappa shape index (κ1) is 11.9. The summed E-state index contributed by atoms with van der Waals surface area (Å²) in [5.74, 6) is 0. The number of carbonyl (C=O) groups excluding carboxylic acids is 1. The molecule has 2 rings (SSSR count). The summed E-state index contributed by atoms with van der Waals surface area (Å²) >= 11 is 0. The van der Waals surface area contributed by atoms with Gasteiger partial charge in [-0.15, -0.1) is 0 Å². The Labute approximate surface area is 102 Å². The van der Waals surface area contributed by atoms with Crippen LogP contribution in [0, 0.1) is 0 Å². The van der Waals surface area contributed by atoms with Crippen molar-refractivity contribution >= 4 is 11.8 Å². The second kappa shape index (κ2) is 5.19. The van der Waals surface area contributed by atoms with Crippen LogP contribution in [0.25, 0.3) is 0 Å².